The molecule has 8 heteroatoms. The normalized spacial score (nSPS) is 16.5. The van der Waals surface area contributed by atoms with E-state index >= 15 is 0 Å². The highest BCUT2D eigenvalue weighted by molar-refractivity contribution is 5.91. The predicted molar refractivity (Wildman–Crippen MR) is 175 cm³/mol. The number of imidazole rings is 1. The van der Waals surface area contributed by atoms with Crippen LogP contribution in [0.4, 0.5) is 0 Å². The van der Waals surface area contributed by atoms with Gasteiger partial charge in [0.05, 0.1) is 0 Å². The number of hydrogen-bond donors (Lipinski definition) is 2. The van der Waals surface area contributed by atoms with Crippen LogP contribution in [-0.2, 0) is 24.3 Å². The second kappa shape index (κ2) is 14.1. The monoisotopic (exact) mass is 593 g/mol. The third-order valence-corrected chi connectivity index (χ3v) is 9.36. The van der Waals surface area contributed by atoms with Crippen LogP contribution in [0.5, 0.6) is 0 Å². The Balaban J connectivity index is 1.21. The maximum absolute atomic E-state index is 13.8. The van der Waals surface area contributed by atoms with E-state index in [4.69, 9.17) is 4.98 Å². The van der Waals surface area contributed by atoms with Gasteiger partial charge in [-0.05, 0) is 61.1 Å². The van der Waals surface area contributed by atoms with Gasteiger partial charge in [0.1, 0.15) is 11.3 Å². The van der Waals surface area contributed by atoms with Gasteiger partial charge in [-0.1, -0.05) is 93.1 Å². The van der Waals surface area contributed by atoms with Crippen LogP contribution < -0.4 is 16.6 Å². The molecule has 2 aromatic heterocycles. The van der Waals surface area contributed by atoms with E-state index in [1.165, 1.54) is 35.8 Å². The predicted octanol–water partition coefficient (Wildman–Crippen LogP) is 6.09. The van der Waals surface area contributed by atoms with Gasteiger partial charge in [-0.3, -0.25) is 18.7 Å². The molecule has 230 valence electrons. The first kappa shape index (κ1) is 29.9. The van der Waals surface area contributed by atoms with Gasteiger partial charge in [0.2, 0.25) is 5.91 Å². The molecule has 0 saturated heterocycles. The zero-order valence-electron chi connectivity index (χ0n) is 25.5. The number of benzene rings is 2. The lowest BCUT2D eigenvalue weighted by Gasteiger charge is -2.24. The number of amides is 1. The summed E-state index contributed by atoms with van der Waals surface area (Å²) in [6.07, 6.45) is 15.6. The van der Waals surface area contributed by atoms with E-state index in [-0.39, 0.29) is 17.2 Å². The molecule has 2 saturated carbocycles. The Morgan fingerprint density at radius 3 is 2.14 bits per heavy atom. The lowest BCUT2D eigenvalue weighted by Crippen LogP contribution is -2.42. The van der Waals surface area contributed by atoms with Crippen molar-refractivity contribution in [3.63, 3.8) is 0 Å². The van der Waals surface area contributed by atoms with Crippen molar-refractivity contribution < 1.29 is 4.79 Å². The molecule has 2 fully saturated rings. The van der Waals surface area contributed by atoms with Crippen molar-refractivity contribution in [1.82, 2.24) is 24.4 Å². The van der Waals surface area contributed by atoms with Crippen LogP contribution in [0.25, 0.3) is 28.6 Å². The molecule has 8 nitrogen and oxygen atoms in total. The van der Waals surface area contributed by atoms with E-state index in [2.05, 4.69) is 22.4 Å². The second-order valence-corrected chi connectivity index (χ2v) is 12.6. The van der Waals surface area contributed by atoms with E-state index in [0.717, 1.165) is 56.1 Å². The molecule has 2 aromatic carbocycles. The molecule has 2 heterocycles. The molecule has 2 N–H and O–H groups in total. The van der Waals surface area contributed by atoms with Crippen molar-refractivity contribution in [3.05, 3.63) is 92.6 Å². The zero-order valence-corrected chi connectivity index (χ0v) is 25.5. The Kier molecular flexibility index (Phi) is 9.54. The van der Waals surface area contributed by atoms with Crippen LogP contribution in [0.3, 0.4) is 0 Å². The fourth-order valence-electron chi connectivity index (χ4n) is 6.84. The van der Waals surface area contributed by atoms with Gasteiger partial charge < -0.3 is 10.3 Å². The zero-order chi connectivity index (χ0) is 30.3. The van der Waals surface area contributed by atoms with Crippen molar-refractivity contribution in [2.75, 3.05) is 6.54 Å². The van der Waals surface area contributed by atoms with Crippen LogP contribution in [-0.4, -0.2) is 31.6 Å². The third kappa shape index (κ3) is 7.12. The Labute approximate surface area is 258 Å². The molecule has 0 bridgehead atoms. The number of rotatable bonds is 10. The van der Waals surface area contributed by atoms with E-state index < -0.39 is 0 Å². The van der Waals surface area contributed by atoms with Crippen LogP contribution in [0, 0.1) is 11.8 Å². The number of hydrogen-bond acceptors (Lipinski definition) is 4. The minimum absolute atomic E-state index is 0.136. The van der Waals surface area contributed by atoms with Gasteiger partial charge in [0.25, 0.3) is 5.56 Å². The largest absolute Gasteiger partial charge is 0.352 e. The summed E-state index contributed by atoms with van der Waals surface area (Å²) >= 11 is 0. The molecular weight excluding hydrogens is 550 g/mol. The molecule has 0 atom stereocenters. The van der Waals surface area contributed by atoms with Crippen molar-refractivity contribution in [2.45, 2.75) is 83.7 Å². The third-order valence-electron chi connectivity index (χ3n) is 9.36. The van der Waals surface area contributed by atoms with Gasteiger partial charge in [0, 0.05) is 31.3 Å². The number of fused-ring (bicyclic) bond motifs is 1. The molecule has 2 aliphatic carbocycles. The van der Waals surface area contributed by atoms with E-state index in [9.17, 15) is 14.4 Å². The van der Waals surface area contributed by atoms with Crippen LogP contribution >= 0.6 is 0 Å². The Hall–Kier alpha value is -4.20. The summed E-state index contributed by atoms with van der Waals surface area (Å²) in [7, 11) is 0. The van der Waals surface area contributed by atoms with E-state index in [1.807, 2.05) is 42.5 Å². The average Bonchev–Trinajstić information content (AvgIpc) is 3.52. The Morgan fingerprint density at radius 2 is 1.48 bits per heavy atom. The van der Waals surface area contributed by atoms with Gasteiger partial charge in [-0.15, -0.1) is 0 Å². The molecule has 2 aliphatic rings. The average molecular weight is 594 g/mol. The van der Waals surface area contributed by atoms with Gasteiger partial charge in [0.15, 0.2) is 5.65 Å². The standard InChI is InChI=1S/C36H43N5O3/c42-31(37-23-22-26-10-4-1-5-11-26)21-18-27-16-19-30(20-17-27)33-38-32-34(39-33)40(24-28-12-6-2-7-13-28)36(44)41(35(32)43)25-29-14-8-3-9-15-29/h1,4-5,10-11,16-21,28-29H,2-3,6-9,12-15,22-25H2,(H,37,42)(H,38,39)/b21-18+. The maximum Gasteiger partial charge on any atom is 0.332 e. The van der Waals surface area contributed by atoms with Crippen molar-refractivity contribution in [3.8, 4) is 11.4 Å². The molecule has 4 aromatic rings. The topological polar surface area (TPSA) is 102 Å². The lowest BCUT2D eigenvalue weighted by molar-refractivity contribution is -0.116. The van der Waals surface area contributed by atoms with Crippen LogP contribution in [0.15, 0.2) is 70.3 Å². The highest BCUT2D eigenvalue weighted by Gasteiger charge is 2.24. The van der Waals surface area contributed by atoms with Gasteiger partial charge >= 0.3 is 5.69 Å². The fourth-order valence-corrected chi connectivity index (χ4v) is 6.84. The molecule has 0 spiro atoms. The maximum atomic E-state index is 13.8. The summed E-state index contributed by atoms with van der Waals surface area (Å²) in [5, 5.41) is 2.93. The molecule has 0 radical (unpaired) electrons. The second-order valence-electron chi connectivity index (χ2n) is 12.6. The number of H-pyrrole nitrogens is 1. The summed E-state index contributed by atoms with van der Waals surface area (Å²) in [6.45, 7) is 1.65. The quantitative estimate of drug-likeness (QED) is 0.217. The van der Waals surface area contributed by atoms with Gasteiger partial charge in [-0.2, -0.15) is 0 Å². The van der Waals surface area contributed by atoms with E-state index in [0.29, 0.717) is 48.5 Å². The number of nitrogens with zero attached hydrogens (tertiary/aromatic N) is 3. The smallest absolute Gasteiger partial charge is 0.332 e. The Bertz CT molecular complexity index is 1700. The first-order valence-electron chi connectivity index (χ1n) is 16.4. The molecule has 6 rings (SSSR count). The molecular formula is C36H43N5O3. The lowest BCUT2D eigenvalue weighted by atomic mass is 9.89. The molecule has 1 amide bonds. The number of carbonyl (C=O) groups excluding carboxylic acids is 1. The first-order chi connectivity index (χ1) is 21.5. The number of aromatic amines is 1. The summed E-state index contributed by atoms with van der Waals surface area (Å²) in [4.78, 5) is 48.0. The summed E-state index contributed by atoms with van der Waals surface area (Å²) in [5.74, 6) is 1.22. The van der Waals surface area contributed by atoms with Crippen LogP contribution in [0.2, 0.25) is 0 Å². The van der Waals surface area contributed by atoms with Crippen molar-refractivity contribution >= 4 is 23.1 Å². The summed E-state index contributed by atoms with van der Waals surface area (Å²) in [5.41, 5.74) is 3.25. The number of carbonyl (C=O) groups is 1. The molecule has 0 unspecified atom stereocenters. The molecule has 0 aliphatic heterocycles. The SMILES string of the molecule is O=C(/C=C/c1ccc(-c2nc3c([nH]2)c(=O)n(CC2CCCCC2)c(=O)n3CC2CCCCC2)cc1)NCCc1ccccc1. The van der Waals surface area contributed by atoms with Crippen molar-refractivity contribution in [2.24, 2.45) is 11.8 Å². The van der Waals surface area contributed by atoms with E-state index in [1.54, 1.807) is 16.7 Å². The highest BCUT2D eigenvalue weighted by Crippen LogP contribution is 2.27. The number of nitrogens with one attached hydrogen (secondary N) is 2. The molecule has 44 heavy (non-hydrogen) atoms. The Morgan fingerprint density at radius 1 is 0.841 bits per heavy atom. The minimum Gasteiger partial charge on any atom is -0.352 e. The summed E-state index contributed by atoms with van der Waals surface area (Å²) < 4.78 is 3.24. The fraction of sp³-hybridized carbons (Fsp3) is 0.444. The summed E-state index contributed by atoms with van der Waals surface area (Å²) in [6, 6.07) is 17.8. The highest BCUT2D eigenvalue weighted by atomic mass is 16.2. The first-order valence-corrected chi connectivity index (χ1v) is 16.4. The number of aromatic nitrogens is 4. The van der Waals surface area contributed by atoms with Crippen LogP contribution in [0.1, 0.15) is 75.3 Å². The van der Waals surface area contributed by atoms with Crippen molar-refractivity contribution in [1.29, 1.82) is 0 Å². The van der Waals surface area contributed by atoms with Gasteiger partial charge in [-0.25, -0.2) is 9.78 Å². The minimum atomic E-state index is -0.271.